The van der Waals surface area contributed by atoms with E-state index >= 15 is 0 Å². The lowest BCUT2D eigenvalue weighted by atomic mass is 10.2. The highest BCUT2D eigenvalue weighted by atomic mass is 32.2. The Morgan fingerprint density at radius 1 is 1.12 bits per heavy atom. The first-order valence-corrected chi connectivity index (χ1v) is 9.41. The van der Waals surface area contributed by atoms with Crippen LogP contribution in [0.15, 0.2) is 29.2 Å². The van der Waals surface area contributed by atoms with E-state index in [9.17, 15) is 13.2 Å². The minimum Gasteiger partial charge on any atom is -0.492 e. The molecule has 0 aliphatic heterocycles. The molecule has 7 nitrogen and oxygen atoms in total. The second-order valence-electron chi connectivity index (χ2n) is 5.33. The van der Waals surface area contributed by atoms with Gasteiger partial charge in [0.05, 0.1) is 18.9 Å². The average Bonchev–Trinajstić information content (AvgIpc) is 2.84. The summed E-state index contributed by atoms with van der Waals surface area (Å²) in [6.07, 6.45) is 0. The number of aromatic nitrogens is 1. The lowest BCUT2D eigenvalue weighted by Gasteiger charge is -2.13. The molecule has 0 amide bonds. The standard InChI is InChI=1S/C17H22N2O5S/c1-5-23-14-10-8-7-9-13(14)19-25(21,22)16-12(4)18-11(3)15(16)17(20)24-6-2/h7-10,18-19H,5-6H2,1-4H3. The van der Waals surface area contributed by atoms with Gasteiger partial charge in [-0.2, -0.15) is 0 Å². The maximum Gasteiger partial charge on any atom is 0.341 e. The molecule has 0 saturated heterocycles. The molecule has 25 heavy (non-hydrogen) atoms. The normalized spacial score (nSPS) is 11.2. The van der Waals surface area contributed by atoms with Crippen LogP contribution in [-0.2, 0) is 14.8 Å². The number of hydrogen-bond donors (Lipinski definition) is 2. The van der Waals surface area contributed by atoms with Gasteiger partial charge in [-0.15, -0.1) is 0 Å². The van der Waals surface area contributed by atoms with Crippen LogP contribution in [0.1, 0.15) is 35.6 Å². The monoisotopic (exact) mass is 366 g/mol. The predicted octanol–water partition coefficient (Wildman–Crippen LogP) is 3.01. The topological polar surface area (TPSA) is 97.5 Å². The smallest absolute Gasteiger partial charge is 0.341 e. The number of ether oxygens (including phenoxy) is 2. The third kappa shape index (κ3) is 3.96. The summed E-state index contributed by atoms with van der Waals surface area (Å²) in [7, 11) is -4.02. The van der Waals surface area contributed by atoms with Crippen LogP contribution in [-0.4, -0.2) is 32.6 Å². The highest BCUT2D eigenvalue weighted by Gasteiger charge is 2.30. The average molecular weight is 366 g/mol. The first-order valence-electron chi connectivity index (χ1n) is 7.92. The van der Waals surface area contributed by atoms with Gasteiger partial charge in [0.25, 0.3) is 10.0 Å². The van der Waals surface area contributed by atoms with Crippen molar-refractivity contribution in [1.29, 1.82) is 0 Å². The highest BCUT2D eigenvalue weighted by molar-refractivity contribution is 7.92. The number of para-hydroxylation sites is 2. The van der Waals surface area contributed by atoms with Crippen LogP contribution >= 0.6 is 0 Å². The number of carbonyl (C=O) groups is 1. The van der Waals surface area contributed by atoms with E-state index in [1.165, 1.54) is 0 Å². The van der Waals surface area contributed by atoms with Crippen LogP contribution in [0, 0.1) is 13.8 Å². The van der Waals surface area contributed by atoms with Gasteiger partial charge in [0.2, 0.25) is 0 Å². The van der Waals surface area contributed by atoms with Gasteiger partial charge < -0.3 is 14.5 Å². The van der Waals surface area contributed by atoms with Crippen LogP contribution in [0.3, 0.4) is 0 Å². The van der Waals surface area contributed by atoms with Gasteiger partial charge in [0.1, 0.15) is 16.2 Å². The van der Waals surface area contributed by atoms with Crippen molar-refractivity contribution >= 4 is 21.7 Å². The molecule has 8 heteroatoms. The summed E-state index contributed by atoms with van der Waals surface area (Å²) in [5.74, 6) is -0.265. The molecule has 1 aromatic carbocycles. The van der Waals surface area contributed by atoms with E-state index in [0.717, 1.165) is 0 Å². The summed E-state index contributed by atoms with van der Waals surface area (Å²) < 4.78 is 38.8. The van der Waals surface area contributed by atoms with Crippen LogP contribution in [0.25, 0.3) is 0 Å². The van der Waals surface area contributed by atoms with Gasteiger partial charge >= 0.3 is 5.97 Å². The Labute approximate surface area is 147 Å². The molecule has 0 fully saturated rings. The molecular weight excluding hydrogens is 344 g/mol. The van der Waals surface area contributed by atoms with Crippen LogP contribution < -0.4 is 9.46 Å². The number of hydrogen-bond acceptors (Lipinski definition) is 5. The molecule has 0 saturated carbocycles. The summed E-state index contributed by atoms with van der Waals surface area (Å²) >= 11 is 0. The first-order chi connectivity index (χ1) is 11.8. The van der Waals surface area contributed by atoms with Gasteiger partial charge in [-0.1, -0.05) is 12.1 Å². The second kappa shape index (κ2) is 7.60. The Bertz CT molecular complexity index is 871. The molecule has 0 atom stereocenters. The summed E-state index contributed by atoms with van der Waals surface area (Å²) in [4.78, 5) is 15.0. The van der Waals surface area contributed by atoms with Crippen molar-refractivity contribution in [2.24, 2.45) is 0 Å². The number of H-pyrrole nitrogens is 1. The Kier molecular flexibility index (Phi) is 5.73. The quantitative estimate of drug-likeness (QED) is 0.734. The van der Waals surface area contributed by atoms with Crippen LogP contribution in [0.2, 0.25) is 0 Å². The molecule has 0 spiro atoms. The number of benzene rings is 1. The van der Waals surface area contributed by atoms with Gasteiger partial charge in [-0.25, -0.2) is 13.2 Å². The molecule has 2 aromatic rings. The molecule has 2 N–H and O–H groups in total. The van der Waals surface area contributed by atoms with E-state index in [-0.39, 0.29) is 17.1 Å². The fourth-order valence-electron chi connectivity index (χ4n) is 2.57. The van der Waals surface area contributed by atoms with E-state index in [1.807, 2.05) is 6.92 Å². The van der Waals surface area contributed by atoms with E-state index in [0.29, 0.717) is 29.4 Å². The number of aryl methyl sites for hydroxylation is 2. The molecule has 0 radical (unpaired) electrons. The van der Waals surface area contributed by atoms with Crippen molar-refractivity contribution in [3.8, 4) is 5.75 Å². The Morgan fingerprint density at radius 2 is 1.80 bits per heavy atom. The van der Waals surface area contributed by atoms with Crippen molar-refractivity contribution in [3.63, 3.8) is 0 Å². The van der Waals surface area contributed by atoms with Gasteiger partial charge in [-0.05, 0) is 39.8 Å². The van der Waals surface area contributed by atoms with Crippen molar-refractivity contribution in [2.75, 3.05) is 17.9 Å². The summed E-state index contributed by atoms with van der Waals surface area (Å²) in [6.45, 7) is 7.25. The van der Waals surface area contributed by atoms with Gasteiger partial charge in [0.15, 0.2) is 0 Å². The molecule has 1 heterocycles. The molecule has 136 valence electrons. The first kappa shape index (κ1) is 18.9. The van der Waals surface area contributed by atoms with E-state index in [2.05, 4.69) is 9.71 Å². The van der Waals surface area contributed by atoms with Gasteiger partial charge in [0, 0.05) is 11.4 Å². The Morgan fingerprint density at radius 3 is 2.44 bits per heavy atom. The summed E-state index contributed by atoms with van der Waals surface area (Å²) in [5, 5.41) is 0. The Balaban J connectivity index is 2.49. The fraction of sp³-hybridized carbons (Fsp3) is 0.353. The van der Waals surface area contributed by atoms with Gasteiger partial charge in [-0.3, -0.25) is 4.72 Å². The predicted molar refractivity (Wildman–Crippen MR) is 94.6 cm³/mol. The molecule has 0 unspecified atom stereocenters. The van der Waals surface area contributed by atoms with Crippen molar-refractivity contribution in [3.05, 3.63) is 41.2 Å². The number of rotatable bonds is 7. The van der Waals surface area contributed by atoms with E-state index in [1.54, 1.807) is 45.0 Å². The lowest BCUT2D eigenvalue weighted by molar-refractivity contribution is 0.0521. The van der Waals surface area contributed by atoms with Crippen molar-refractivity contribution in [2.45, 2.75) is 32.6 Å². The third-order valence-electron chi connectivity index (χ3n) is 3.50. The van der Waals surface area contributed by atoms with Crippen LogP contribution in [0.4, 0.5) is 5.69 Å². The maximum atomic E-state index is 12.9. The minimum atomic E-state index is -4.02. The molecule has 0 aliphatic rings. The largest absolute Gasteiger partial charge is 0.492 e. The number of carbonyl (C=O) groups excluding carboxylic acids is 1. The lowest BCUT2D eigenvalue weighted by Crippen LogP contribution is -2.18. The van der Waals surface area contributed by atoms with E-state index in [4.69, 9.17) is 9.47 Å². The molecule has 0 bridgehead atoms. The number of anilines is 1. The van der Waals surface area contributed by atoms with E-state index < -0.39 is 16.0 Å². The number of aromatic amines is 1. The number of nitrogens with one attached hydrogen (secondary N) is 2. The zero-order valence-electron chi connectivity index (χ0n) is 14.7. The summed E-state index contributed by atoms with van der Waals surface area (Å²) in [5.41, 5.74) is 1.12. The molecular formula is C17H22N2O5S. The Hall–Kier alpha value is -2.48. The number of sulfonamides is 1. The highest BCUT2D eigenvalue weighted by Crippen LogP contribution is 2.30. The SMILES string of the molecule is CCOC(=O)c1c(C)[nH]c(C)c1S(=O)(=O)Nc1ccccc1OCC. The van der Waals surface area contributed by atoms with Crippen LogP contribution in [0.5, 0.6) is 5.75 Å². The molecule has 0 aliphatic carbocycles. The fourth-order valence-corrected chi connectivity index (χ4v) is 4.09. The maximum absolute atomic E-state index is 12.9. The second-order valence-corrected chi connectivity index (χ2v) is 6.95. The van der Waals surface area contributed by atoms with Crippen molar-refractivity contribution in [1.82, 2.24) is 4.98 Å². The summed E-state index contributed by atoms with van der Waals surface area (Å²) in [6, 6.07) is 6.71. The zero-order valence-corrected chi connectivity index (χ0v) is 15.5. The zero-order chi connectivity index (χ0) is 18.6. The third-order valence-corrected chi connectivity index (χ3v) is 5.03. The molecule has 1 aromatic heterocycles. The van der Waals surface area contributed by atoms with Crippen molar-refractivity contribution < 1.29 is 22.7 Å². The molecule has 2 rings (SSSR count). The number of esters is 1. The minimum absolute atomic E-state index is 0.0146.